The largest absolute Gasteiger partial charge is 0.354 e. The molecule has 2 heteroatoms. The van der Waals surface area contributed by atoms with Crippen molar-refractivity contribution >= 4 is 38.4 Å². The SMILES string of the molecule is CC(=O)c1ccc2[nH]c3cccc4ccc1c2c43. The van der Waals surface area contributed by atoms with E-state index in [2.05, 4.69) is 29.2 Å². The van der Waals surface area contributed by atoms with E-state index < -0.39 is 0 Å². The lowest BCUT2D eigenvalue weighted by Crippen LogP contribution is -1.93. The highest BCUT2D eigenvalue weighted by molar-refractivity contribution is 6.26. The summed E-state index contributed by atoms with van der Waals surface area (Å²) < 4.78 is 0. The Hall–Kier alpha value is -2.35. The maximum atomic E-state index is 11.7. The summed E-state index contributed by atoms with van der Waals surface area (Å²) in [6, 6.07) is 14.3. The van der Waals surface area contributed by atoms with Crippen LogP contribution in [0.3, 0.4) is 0 Å². The van der Waals surface area contributed by atoms with Gasteiger partial charge in [-0.3, -0.25) is 4.79 Å². The maximum absolute atomic E-state index is 11.7. The molecule has 0 saturated heterocycles. The van der Waals surface area contributed by atoms with Crippen LogP contribution in [0.1, 0.15) is 17.3 Å². The van der Waals surface area contributed by atoms with Gasteiger partial charge in [0.15, 0.2) is 5.78 Å². The Kier molecular flexibility index (Phi) is 1.67. The molecule has 2 nitrogen and oxygen atoms in total. The third-order valence-corrected chi connectivity index (χ3v) is 3.67. The first-order chi connectivity index (χ1) is 8.75. The number of hydrogen-bond donors (Lipinski definition) is 1. The molecule has 0 unspecified atom stereocenters. The molecule has 0 spiro atoms. The number of hydrogen-bond acceptors (Lipinski definition) is 1. The zero-order valence-electron chi connectivity index (χ0n) is 9.95. The first-order valence-corrected chi connectivity index (χ1v) is 6.02. The van der Waals surface area contributed by atoms with E-state index in [4.69, 9.17) is 0 Å². The molecule has 0 radical (unpaired) electrons. The third-order valence-electron chi connectivity index (χ3n) is 3.67. The fraction of sp³-hybridized carbons (Fsp3) is 0.0625. The number of Topliss-reactive ketones (excluding diaryl/α,β-unsaturated/α-hetero) is 1. The van der Waals surface area contributed by atoms with Gasteiger partial charge in [0, 0.05) is 27.4 Å². The highest BCUT2D eigenvalue weighted by Crippen LogP contribution is 2.35. The molecule has 0 aliphatic rings. The van der Waals surface area contributed by atoms with E-state index >= 15 is 0 Å². The standard InChI is InChI=1S/C16H11NO/c1-9(18)11-7-8-14-16-12(11)6-5-10-3-2-4-13(17-14)15(10)16/h2-8,17H,1H3. The van der Waals surface area contributed by atoms with Crippen molar-refractivity contribution in [3.05, 3.63) is 48.0 Å². The van der Waals surface area contributed by atoms with E-state index in [-0.39, 0.29) is 5.78 Å². The van der Waals surface area contributed by atoms with Crippen LogP contribution in [-0.4, -0.2) is 10.8 Å². The molecule has 0 atom stereocenters. The molecule has 0 fully saturated rings. The molecule has 0 bridgehead atoms. The van der Waals surface area contributed by atoms with Gasteiger partial charge in [-0.2, -0.15) is 0 Å². The van der Waals surface area contributed by atoms with Crippen LogP contribution in [-0.2, 0) is 0 Å². The molecule has 4 rings (SSSR count). The van der Waals surface area contributed by atoms with Crippen LogP contribution in [0.2, 0.25) is 0 Å². The van der Waals surface area contributed by atoms with E-state index in [1.807, 2.05) is 18.2 Å². The summed E-state index contributed by atoms with van der Waals surface area (Å²) in [6.45, 7) is 1.62. The number of carbonyl (C=O) groups excluding carboxylic acids is 1. The summed E-state index contributed by atoms with van der Waals surface area (Å²) in [4.78, 5) is 15.1. The Balaban J connectivity index is 2.38. The van der Waals surface area contributed by atoms with Gasteiger partial charge >= 0.3 is 0 Å². The fourth-order valence-corrected chi connectivity index (χ4v) is 2.88. The summed E-state index contributed by atoms with van der Waals surface area (Å²) in [5, 5.41) is 4.67. The number of carbonyl (C=O) groups is 1. The quantitative estimate of drug-likeness (QED) is 0.389. The topological polar surface area (TPSA) is 32.9 Å². The van der Waals surface area contributed by atoms with Gasteiger partial charge in [0.2, 0.25) is 0 Å². The van der Waals surface area contributed by atoms with Crippen LogP contribution in [0, 0.1) is 0 Å². The number of aromatic nitrogens is 1. The summed E-state index contributed by atoms with van der Waals surface area (Å²) in [6.07, 6.45) is 0. The molecule has 0 amide bonds. The second-order valence-electron chi connectivity index (χ2n) is 4.73. The maximum Gasteiger partial charge on any atom is 0.160 e. The summed E-state index contributed by atoms with van der Waals surface area (Å²) in [5.41, 5.74) is 3.03. The van der Waals surface area contributed by atoms with Gasteiger partial charge in [-0.15, -0.1) is 0 Å². The monoisotopic (exact) mass is 233 g/mol. The Labute approximate surface area is 104 Å². The van der Waals surface area contributed by atoms with Gasteiger partial charge in [-0.1, -0.05) is 24.3 Å². The van der Waals surface area contributed by atoms with Crippen LogP contribution in [0.15, 0.2) is 42.5 Å². The van der Waals surface area contributed by atoms with Crippen molar-refractivity contribution in [1.82, 2.24) is 4.98 Å². The molecule has 4 aromatic rings. The van der Waals surface area contributed by atoms with Crippen molar-refractivity contribution in [2.75, 3.05) is 0 Å². The summed E-state index contributed by atoms with van der Waals surface area (Å²) >= 11 is 0. The van der Waals surface area contributed by atoms with E-state index in [1.165, 1.54) is 16.2 Å². The van der Waals surface area contributed by atoms with Gasteiger partial charge in [0.25, 0.3) is 0 Å². The molecule has 0 aliphatic heterocycles. The van der Waals surface area contributed by atoms with Crippen molar-refractivity contribution in [2.24, 2.45) is 0 Å². The predicted octanol–water partition coefficient (Wildman–Crippen LogP) is 4.11. The van der Waals surface area contributed by atoms with E-state index in [9.17, 15) is 4.79 Å². The van der Waals surface area contributed by atoms with Gasteiger partial charge in [-0.25, -0.2) is 0 Å². The first kappa shape index (κ1) is 9.66. The van der Waals surface area contributed by atoms with Crippen LogP contribution in [0.4, 0.5) is 0 Å². The minimum Gasteiger partial charge on any atom is -0.354 e. The van der Waals surface area contributed by atoms with Crippen molar-refractivity contribution in [1.29, 1.82) is 0 Å². The number of ketones is 1. The minimum atomic E-state index is 0.116. The lowest BCUT2D eigenvalue weighted by atomic mass is 9.97. The Morgan fingerprint density at radius 1 is 0.944 bits per heavy atom. The minimum absolute atomic E-state index is 0.116. The molecule has 86 valence electrons. The van der Waals surface area contributed by atoms with Gasteiger partial charge in [-0.05, 0) is 35.9 Å². The van der Waals surface area contributed by atoms with Crippen LogP contribution >= 0.6 is 0 Å². The van der Waals surface area contributed by atoms with Crippen LogP contribution in [0.5, 0.6) is 0 Å². The molecule has 18 heavy (non-hydrogen) atoms. The Morgan fingerprint density at radius 2 is 1.78 bits per heavy atom. The molecular weight excluding hydrogens is 222 g/mol. The molecular formula is C16H11NO. The molecule has 0 aliphatic carbocycles. The predicted molar refractivity (Wildman–Crippen MR) is 74.5 cm³/mol. The van der Waals surface area contributed by atoms with E-state index in [0.717, 1.165) is 22.0 Å². The molecule has 1 heterocycles. The van der Waals surface area contributed by atoms with Crippen LogP contribution < -0.4 is 0 Å². The smallest absolute Gasteiger partial charge is 0.160 e. The molecule has 1 N–H and O–H groups in total. The zero-order valence-corrected chi connectivity index (χ0v) is 9.95. The Morgan fingerprint density at radius 3 is 2.61 bits per heavy atom. The third kappa shape index (κ3) is 1.05. The fourth-order valence-electron chi connectivity index (χ4n) is 2.88. The second kappa shape index (κ2) is 3.10. The molecule has 3 aromatic carbocycles. The number of aromatic amines is 1. The van der Waals surface area contributed by atoms with Crippen LogP contribution in [0.25, 0.3) is 32.6 Å². The number of rotatable bonds is 1. The van der Waals surface area contributed by atoms with Crippen molar-refractivity contribution < 1.29 is 4.79 Å². The Bertz CT molecular complexity index is 901. The van der Waals surface area contributed by atoms with E-state index in [0.29, 0.717) is 0 Å². The van der Waals surface area contributed by atoms with E-state index in [1.54, 1.807) is 6.92 Å². The lowest BCUT2D eigenvalue weighted by Gasteiger charge is -2.05. The van der Waals surface area contributed by atoms with Crippen molar-refractivity contribution in [3.63, 3.8) is 0 Å². The van der Waals surface area contributed by atoms with Crippen molar-refractivity contribution in [3.8, 4) is 0 Å². The lowest BCUT2D eigenvalue weighted by molar-refractivity contribution is 0.101. The zero-order chi connectivity index (χ0) is 12.3. The number of nitrogens with one attached hydrogen (secondary N) is 1. The summed E-state index contributed by atoms with van der Waals surface area (Å²) in [7, 11) is 0. The molecule has 0 saturated carbocycles. The average Bonchev–Trinajstić information content (AvgIpc) is 2.75. The average molecular weight is 233 g/mol. The highest BCUT2D eigenvalue weighted by Gasteiger charge is 2.14. The second-order valence-corrected chi connectivity index (χ2v) is 4.73. The van der Waals surface area contributed by atoms with Gasteiger partial charge in [0.05, 0.1) is 0 Å². The van der Waals surface area contributed by atoms with Crippen molar-refractivity contribution in [2.45, 2.75) is 6.92 Å². The van der Waals surface area contributed by atoms with Gasteiger partial charge in [0.1, 0.15) is 0 Å². The normalized spacial score (nSPS) is 11.8. The number of benzene rings is 3. The summed E-state index contributed by atoms with van der Waals surface area (Å²) in [5.74, 6) is 0.116. The number of H-pyrrole nitrogens is 1. The molecule has 1 aromatic heterocycles. The first-order valence-electron chi connectivity index (χ1n) is 6.02. The highest BCUT2D eigenvalue weighted by atomic mass is 16.1. The van der Waals surface area contributed by atoms with Gasteiger partial charge < -0.3 is 4.98 Å².